The molecule has 3 rings (SSSR count). The van der Waals surface area contributed by atoms with E-state index < -0.39 is 0 Å². The Morgan fingerprint density at radius 3 is 3.00 bits per heavy atom. The van der Waals surface area contributed by atoms with Crippen molar-refractivity contribution in [2.24, 2.45) is 0 Å². The molecule has 0 aliphatic carbocycles. The van der Waals surface area contributed by atoms with Crippen molar-refractivity contribution in [2.45, 2.75) is 25.9 Å². The summed E-state index contributed by atoms with van der Waals surface area (Å²) in [5.74, 6) is 0. The molecule has 2 aromatic heterocycles. The van der Waals surface area contributed by atoms with E-state index in [1.807, 2.05) is 12.3 Å². The number of ether oxygens (including phenoxy) is 1. The normalized spacial score (nSPS) is 19.9. The highest BCUT2D eigenvalue weighted by Gasteiger charge is 2.23. The SMILES string of the molecule is Cc1nc(C2CCCO2)sc1-c1csc(N)n1. The average Bonchev–Trinajstić information content (AvgIpc) is 2.97. The van der Waals surface area contributed by atoms with Crippen LogP contribution in [0.5, 0.6) is 0 Å². The third kappa shape index (κ3) is 2.08. The van der Waals surface area contributed by atoms with Crippen molar-refractivity contribution < 1.29 is 4.74 Å². The first-order valence-electron chi connectivity index (χ1n) is 5.54. The molecule has 3 heterocycles. The molecule has 4 nitrogen and oxygen atoms in total. The lowest BCUT2D eigenvalue weighted by Gasteiger charge is -2.03. The summed E-state index contributed by atoms with van der Waals surface area (Å²) in [4.78, 5) is 10.0. The number of aromatic nitrogens is 2. The smallest absolute Gasteiger partial charge is 0.180 e. The van der Waals surface area contributed by atoms with E-state index in [2.05, 4.69) is 9.97 Å². The van der Waals surface area contributed by atoms with Crippen LogP contribution in [-0.2, 0) is 4.74 Å². The standard InChI is InChI=1S/C11H13N3OS2/c1-6-9(7-5-16-11(12)14-7)17-10(13-6)8-3-2-4-15-8/h5,8H,2-4H2,1H3,(H2,12,14). The van der Waals surface area contributed by atoms with Gasteiger partial charge in [-0.1, -0.05) is 0 Å². The fourth-order valence-corrected chi connectivity index (χ4v) is 3.70. The largest absolute Gasteiger partial charge is 0.375 e. The van der Waals surface area contributed by atoms with Crippen molar-refractivity contribution in [3.63, 3.8) is 0 Å². The Kier molecular flexibility index (Phi) is 2.85. The summed E-state index contributed by atoms with van der Waals surface area (Å²) in [5, 5.41) is 3.66. The first-order chi connectivity index (χ1) is 8.24. The quantitative estimate of drug-likeness (QED) is 0.908. The lowest BCUT2D eigenvalue weighted by molar-refractivity contribution is 0.111. The molecule has 0 amide bonds. The number of hydrogen-bond donors (Lipinski definition) is 1. The molecular formula is C11H13N3OS2. The second-order valence-corrected chi connectivity index (χ2v) is 5.96. The van der Waals surface area contributed by atoms with Crippen LogP contribution in [0.3, 0.4) is 0 Å². The predicted molar refractivity (Wildman–Crippen MR) is 70.3 cm³/mol. The zero-order chi connectivity index (χ0) is 11.8. The molecule has 1 aliphatic rings. The Morgan fingerprint density at radius 1 is 1.47 bits per heavy atom. The Labute approximate surface area is 107 Å². The van der Waals surface area contributed by atoms with Crippen LogP contribution in [0, 0.1) is 6.92 Å². The highest BCUT2D eigenvalue weighted by molar-refractivity contribution is 7.16. The third-order valence-electron chi connectivity index (χ3n) is 2.77. The van der Waals surface area contributed by atoms with Gasteiger partial charge in [0.15, 0.2) is 5.13 Å². The molecule has 6 heteroatoms. The number of aryl methyl sites for hydroxylation is 1. The van der Waals surface area contributed by atoms with Gasteiger partial charge in [-0.05, 0) is 19.8 Å². The van der Waals surface area contributed by atoms with Crippen LogP contribution in [0.1, 0.15) is 29.6 Å². The van der Waals surface area contributed by atoms with Gasteiger partial charge in [-0.25, -0.2) is 9.97 Å². The van der Waals surface area contributed by atoms with E-state index >= 15 is 0 Å². The molecule has 0 saturated carbocycles. The van der Waals surface area contributed by atoms with E-state index in [4.69, 9.17) is 10.5 Å². The van der Waals surface area contributed by atoms with Crippen molar-refractivity contribution in [2.75, 3.05) is 12.3 Å². The molecule has 1 fully saturated rings. The summed E-state index contributed by atoms with van der Waals surface area (Å²) in [7, 11) is 0. The average molecular weight is 267 g/mol. The highest BCUT2D eigenvalue weighted by atomic mass is 32.1. The maximum atomic E-state index is 5.66. The number of nitrogen functional groups attached to an aromatic ring is 1. The maximum Gasteiger partial charge on any atom is 0.180 e. The van der Waals surface area contributed by atoms with Crippen LogP contribution in [-0.4, -0.2) is 16.6 Å². The fourth-order valence-electron chi connectivity index (χ4n) is 1.96. The molecule has 0 spiro atoms. The van der Waals surface area contributed by atoms with Crippen LogP contribution < -0.4 is 5.73 Å². The minimum absolute atomic E-state index is 0.184. The minimum atomic E-state index is 0.184. The number of hydrogen-bond acceptors (Lipinski definition) is 6. The third-order valence-corrected chi connectivity index (χ3v) is 4.72. The predicted octanol–water partition coefficient (Wildman–Crippen LogP) is 3.01. The van der Waals surface area contributed by atoms with Crippen molar-refractivity contribution in [1.29, 1.82) is 0 Å². The number of rotatable bonds is 2. The Balaban J connectivity index is 1.95. The Hall–Kier alpha value is -0.980. The van der Waals surface area contributed by atoms with Crippen LogP contribution in [0.2, 0.25) is 0 Å². The van der Waals surface area contributed by atoms with Crippen molar-refractivity contribution in [3.05, 3.63) is 16.1 Å². The Morgan fingerprint density at radius 2 is 2.35 bits per heavy atom. The van der Waals surface area contributed by atoms with Crippen molar-refractivity contribution in [1.82, 2.24) is 9.97 Å². The van der Waals surface area contributed by atoms with Crippen LogP contribution in [0.4, 0.5) is 5.13 Å². The zero-order valence-corrected chi connectivity index (χ0v) is 11.1. The highest BCUT2D eigenvalue weighted by Crippen LogP contribution is 2.37. The molecule has 2 aromatic rings. The van der Waals surface area contributed by atoms with E-state index in [1.165, 1.54) is 11.3 Å². The summed E-state index contributed by atoms with van der Waals surface area (Å²) in [6.45, 7) is 2.86. The molecule has 0 aromatic carbocycles. The van der Waals surface area contributed by atoms with Crippen molar-refractivity contribution in [3.8, 4) is 10.6 Å². The number of nitrogens with zero attached hydrogens (tertiary/aromatic N) is 2. The van der Waals surface area contributed by atoms with Gasteiger partial charge in [0.25, 0.3) is 0 Å². The molecule has 0 bridgehead atoms. The molecule has 2 N–H and O–H groups in total. The molecule has 1 atom stereocenters. The molecule has 1 aliphatic heterocycles. The summed E-state index contributed by atoms with van der Waals surface area (Å²) in [6, 6.07) is 0. The first-order valence-corrected chi connectivity index (χ1v) is 7.24. The van der Waals surface area contributed by atoms with Gasteiger partial charge in [-0.2, -0.15) is 0 Å². The van der Waals surface area contributed by atoms with Crippen LogP contribution in [0.25, 0.3) is 10.6 Å². The molecule has 17 heavy (non-hydrogen) atoms. The monoisotopic (exact) mass is 267 g/mol. The topological polar surface area (TPSA) is 61.0 Å². The Bertz CT molecular complexity index is 529. The fraction of sp³-hybridized carbons (Fsp3) is 0.455. The number of nitrogens with two attached hydrogens (primary N) is 1. The maximum absolute atomic E-state index is 5.66. The second kappa shape index (κ2) is 4.36. The molecule has 0 radical (unpaired) electrons. The van der Waals surface area contributed by atoms with Gasteiger partial charge in [0.1, 0.15) is 11.1 Å². The summed E-state index contributed by atoms with van der Waals surface area (Å²) >= 11 is 3.14. The van der Waals surface area contributed by atoms with Gasteiger partial charge < -0.3 is 10.5 Å². The van der Waals surface area contributed by atoms with E-state index in [-0.39, 0.29) is 6.10 Å². The molecule has 1 saturated heterocycles. The molecule has 90 valence electrons. The molecular weight excluding hydrogens is 254 g/mol. The van der Waals surface area contributed by atoms with E-state index in [9.17, 15) is 0 Å². The van der Waals surface area contributed by atoms with Gasteiger partial charge in [-0.15, -0.1) is 22.7 Å². The summed E-state index contributed by atoms with van der Waals surface area (Å²) in [6.07, 6.45) is 2.39. The summed E-state index contributed by atoms with van der Waals surface area (Å²) < 4.78 is 5.65. The van der Waals surface area contributed by atoms with Gasteiger partial charge in [0.2, 0.25) is 0 Å². The van der Waals surface area contributed by atoms with Crippen LogP contribution in [0.15, 0.2) is 5.38 Å². The van der Waals surface area contributed by atoms with Gasteiger partial charge >= 0.3 is 0 Å². The zero-order valence-electron chi connectivity index (χ0n) is 9.47. The van der Waals surface area contributed by atoms with Crippen LogP contribution >= 0.6 is 22.7 Å². The van der Waals surface area contributed by atoms with E-state index in [0.29, 0.717) is 5.13 Å². The number of thiazole rings is 2. The van der Waals surface area contributed by atoms with Gasteiger partial charge in [0, 0.05) is 12.0 Å². The summed E-state index contributed by atoms with van der Waals surface area (Å²) in [5.41, 5.74) is 7.62. The van der Waals surface area contributed by atoms with Crippen molar-refractivity contribution >= 4 is 27.8 Å². The lowest BCUT2D eigenvalue weighted by atomic mass is 10.2. The van der Waals surface area contributed by atoms with Gasteiger partial charge in [-0.3, -0.25) is 0 Å². The van der Waals surface area contributed by atoms with Gasteiger partial charge in [0.05, 0.1) is 16.3 Å². The number of anilines is 1. The lowest BCUT2D eigenvalue weighted by Crippen LogP contribution is -1.94. The van der Waals surface area contributed by atoms with E-state index in [1.54, 1.807) is 11.3 Å². The second-order valence-electron chi connectivity index (χ2n) is 4.04. The minimum Gasteiger partial charge on any atom is -0.375 e. The molecule has 1 unspecified atom stereocenters. The van der Waals surface area contributed by atoms with E-state index in [0.717, 1.165) is 40.7 Å². The first kappa shape index (κ1) is 11.1.